The Morgan fingerprint density at radius 1 is 1.65 bits per heavy atom. The van der Waals surface area contributed by atoms with E-state index in [2.05, 4.69) is 20.9 Å². The predicted octanol–water partition coefficient (Wildman–Crippen LogP) is 1.05. The van der Waals surface area contributed by atoms with Crippen LogP contribution >= 0.6 is 15.9 Å². The van der Waals surface area contributed by atoms with Crippen LogP contribution in [0.15, 0.2) is 10.7 Å². The number of carbonyl (C=O) groups is 1. The van der Waals surface area contributed by atoms with Gasteiger partial charge in [0.1, 0.15) is 0 Å². The molecule has 1 amide bonds. The van der Waals surface area contributed by atoms with Crippen LogP contribution in [0.4, 0.5) is 11.5 Å². The topological polar surface area (TPSA) is 85.2 Å². The Kier molecular flexibility index (Phi) is 3.35. The van der Waals surface area contributed by atoms with Gasteiger partial charge in [0, 0.05) is 23.6 Å². The second-order valence-corrected chi connectivity index (χ2v) is 5.13. The van der Waals surface area contributed by atoms with Crippen molar-refractivity contribution in [2.75, 3.05) is 23.7 Å². The highest BCUT2D eigenvalue weighted by Crippen LogP contribution is 2.32. The molecule has 92 valence electrons. The quantitative estimate of drug-likeness (QED) is 0.854. The smallest absolute Gasteiger partial charge is 0.228 e. The van der Waals surface area contributed by atoms with Crippen LogP contribution in [0, 0.1) is 12.8 Å². The van der Waals surface area contributed by atoms with Gasteiger partial charge in [-0.3, -0.25) is 9.69 Å². The number of amides is 1. The van der Waals surface area contributed by atoms with Gasteiger partial charge in [0.05, 0.1) is 5.69 Å². The average Bonchev–Trinajstić information content (AvgIpc) is 2.68. The molecular weight excluding hydrogens is 284 g/mol. The molecule has 0 aliphatic carbocycles. The number of nitrogens with two attached hydrogens (primary N) is 2. The van der Waals surface area contributed by atoms with Crippen LogP contribution in [0.3, 0.4) is 0 Å². The molecule has 1 atom stereocenters. The minimum atomic E-state index is 0.0429. The molecule has 2 heterocycles. The summed E-state index contributed by atoms with van der Waals surface area (Å²) in [6.07, 6.45) is 2.15. The second kappa shape index (κ2) is 4.62. The first-order valence-corrected chi connectivity index (χ1v) is 6.25. The number of carbonyl (C=O) groups excluding carboxylic acids is 1. The fraction of sp³-hybridized carbons (Fsp3) is 0.455. The van der Waals surface area contributed by atoms with Crippen LogP contribution in [0.2, 0.25) is 0 Å². The molecule has 0 bridgehead atoms. The SMILES string of the molecule is Cc1c(Br)cnc(N2CC(CN)CC2=O)c1N. The van der Waals surface area contributed by atoms with Gasteiger partial charge in [-0.05, 0) is 40.9 Å². The summed E-state index contributed by atoms with van der Waals surface area (Å²) < 4.78 is 0.848. The lowest BCUT2D eigenvalue weighted by molar-refractivity contribution is -0.117. The Hall–Kier alpha value is -1.14. The van der Waals surface area contributed by atoms with E-state index in [0.29, 0.717) is 31.0 Å². The predicted molar refractivity (Wildman–Crippen MR) is 70.6 cm³/mol. The number of hydrogen-bond donors (Lipinski definition) is 2. The van der Waals surface area contributed by atoms with Gasteiger partial charge >= 0.3 is 0 Å². The maximum atomic E-state index is 11.9. The molecular formula is C11H15BrN4O. The Balaban J connectivity index is 2.35. The summed E-state index contributed by atoms with van der Waals surface area (Å²) >= 11 is 3.36. The molecule has 1 aliphatic rings. The zero-order valence-electron chi connectivity index (χ0n) is 9.61. The molecule has 0 radical (unpaired) electrons. The molecule has 1 saturated heterocycles. The van der Waals surface area contributed by atoms with Gasteiger partial charge in [-0.15, -0.1) is 0 Å². The largest absolute Gasteiger partial charge is 0.395 e. The molecule has 0 spiro atoms. The van der Waals surface area contributed by atoms with Gasteiger partial charge in [-0.25, -0.2) is 4.98 Å². The summed E-state index contributed by atoms with van der Waals surface area (Å²) in [5.41, 5.74) is 13.0. The van der Waals surface area contributed by atoms with Crippen molar-refractivity contribution >= 4 is 33.3 Å². The van der Waals surface area contributed by atoms with E-state index in [4.69, 9.17) is 11.5 Å². The highest BCUT2D eigenvalue weighted by Gasteiger charge is 2.31. The molecule has 1 fully saturated rings. The van der Waals surface area contributed by atoms with Crippen molar-refractivity contribution in [3.05, 3.63) is 16.2 Å². The van der Waals surface area contributed by atoms with Gasteiger partial charge < -0.3 is 11.5 Å². The van der Waals surface area contributed by atoms with E-state index in [9.17, 15) is 4.79 Å². The van der Waals surface area contributed by atoms with Crippen molar-refractivity contribution in [3.8, 4) is 0 Å². The molecule has 1 aliphatic heterocycles. The molecule has 0 aromatic carbocycles. The molecule has 17 heavy (non-hydrogen) atoms. The number of hydrogen-bond acceptors (Lipinski definition) is 4. The normalized spacial score (nSPS) is 20.1. The van der Waals surface area contributed by atoms with Crippen LogP contribution in [-0.4, -0.2) is 24.0 Å². The molecule has 5 nitrogen and oxygen atoms in total. The average molecular weight is 299 g/mol. The molecule has 1 aromatic rings. The Bertz CT molecular complexity index is 463. The minimum absolute atomic E-state index is 0.0429. The first kappa shape index (κ1) is 12.3. The Labute approximate surface area is 108 Å². The van der Waals surface area contributed by atoms with Crippen LogP contribution in [0.25, 0.3) is 0 Å². The van der Waals surface area contributed by atoms with Crippen LogP contribution in [-0.2, 0) is 4.79 Å². The molecule has 1 aromatic heterocycles. The molecule has 6 heteroatoms. The van der Waals surface area contributed by atoms with Crippen molar-refractivity contribution in [3.63, 3.8) is 0 Å². The number of halogens is 1. The summed E-state index contributed by atoms with van der Waals surface area (Å²) in [7, 11) is 0. The number of aromatic nitrogens is 1. The van der Waals surface area contributed by atoms with Crippen LogP contribution in [0.1, 0.15) is 12.0 Å². The van der Waals surface area contributed by atoms with E-state index >= 15 is 0 Å². The minimum Gasteiger partial charge on any atom is -0.395 e. The van der Waals surface area contributed by atoms with Crippen molar-refractivity contribution in [2.45, 2.75) is 13.3 Å². The standard InChI is InChI=1S/C11H15BrN4O/c1-6-8(12)4-15-11(10(6)14)16-5-7(3-13)2-9(16)17/h4,7H,2-3,5,13-14H2,1H3. The first-order chi connectivity index (χ1) is 8.04. The second-order valence-electron chi connectivity index (χ2n) is 4.28. The third-order valence-corrected chi connectivity index (χ3v) is 3.90. The maximum absolute atomic E-state index is 11.9. The van der Waals surface area contributed by atoms with E-state index in [1.54, 1.807) is 11.1 Å². The maximum Gasteiger partial charge on any atom is 0.228 e. The van der Waals surface area contributed by atoms with Crippen LogP contribution in [0.5, 0.6) is 0 Å². The van der Waals surface area contributed by atoms with Gasteiger partial charge in [-0.1, -0.05) is 0 Å². The van der Waals surface area contributed by atoms with E-state index < -0.39 is 0 Å². The third kappa shape index (κ3) is 2.14. The van der Waals surface area contributed by atoms with Gasteiger partial charge in [-0.2, -0.15) is 0 Å². The third-order valence-electron chi connectivity index (χ3n) is 3.10. The summed E-state index contributed by atoms with van der Waals surface area (Å²) in [6.45, 7) is 3.01. The van der Waals surface area contributed by atoms with Crippen molar-refractivity contribution in [2.24, 2.45) is 11.7 Å². The zero-order valence-corrected chi connectivity index (χ0v) is 11.2. The number of nitrogens with zero attached hydrogens (tertiary/aromatic N) is 2. The summed E-state index contributed by atoms with van der Waals surface area (Å²) in [5, 5.41) is 0. The van der Waals surface area contributed by atoms with Crippen molar-refractivity contribution < 1.29 is 4.79 Å². The summed E-state index contributed by atoms with van der Waals surface area (Å²) in [4.78, 5) is 17.7. The summed E-state index contributed by atoms with van der Waals surface area (Å²) in [5.74, 6) is 0.792. The van der Waals surface area contributed by atoms with E-state index in [1.165, 1.54) is 0 Å². The Morgan fingerprint density at radius 3 is 2.94 bits per heavy atom. The Morgan fingerprint density at radius 2 is 2.35 bits per heavy atom. The first-order valence-electron chi connectivity index (χ1n) is 5.45. The zero-order chi connectivity index (χ0) is 12.6. The molecule has 2 rings (SSSR count). The molecule has 4 N–H and O–H groups in total. The lowest BCUT2D eigenvalue weighted by Crippen LogP contribution is -2.27. The summed E-state index contributed by atoms with van der Waals surface area (Å²) in [6, 6.07) is 0. The number of rotatable bonds is 2. The molecule has 1 unspecified atom stereocenters. The lowest BCUT2D eigenvalue weighted by atomic mass is 10.1. The number of nitrogen functional groups attached to an aromatic ring is 1. The van der Waals surface area contributed by atoms with E-state index in [0.717, 1.165) is 10.0 Å². The monoisotopic (exact) mass is 298 g/mol. The van der Waals surface area contributed by atoms with Crippen LogP contribution < -0.4 is 16.4 Å². The lowest BCUT2D eigenvalue weighted by Gasteiger charge is -2.18. The fourth-order valence-electron chi connectivity index (χ4n) is 1.94. The molecule has 0 saturated carbocycles. The van der Waals surface area contributed by atoms with Crippen molar-refractivity contribution in [1.82, 2.24) is 4.98 Å². The van der Waals surface area contributed by atoms with E-state index in [-0.39, 0.29) is 11.8 Å². The van der Waals surface area contributed by atoms with E-state index in [1.807, 2.05) is 6.92 Å². The van der Waals surface area contributed by atoms with Gasteiger partial charge in [0.15, 0.2) is 5.82 Å². The van der Waals surface area contributed by atoms with Gasteiger partial charge in [0.25, 0.3) is 0 Å². The number of anilines is 2. The highest BCUT2D eigenvalue weighted by molar-refractivity contribution is 9.10. The van der Waals surface area contributed by atoms with Gasteiger partial charge in [0.2, 0.25) is 5.91 Å². The highest BCUT2D eigenvalue weighted by atomic mass is 79.9. The number of pyridine rings is 1. The van der Waals surface area contributed by atoms with Crippen molar-refractivity contribution in [1.29, 1.82) is 0 Å². The fourth-order valence-corrected chi connectivity index (χ4v) is 2.26.